The smallest absolute Gasteiger partial charge is 0.308 e. The van der Waals surface area contributed by atoms with Gasteiger partial charge in [0, 0.05) is 18.8 Å². The van der Waals surface area contributed by atoms with E-state index in [1.54, 1.807) is 12.1 Å². The zero-order chi connectivity index (χ0) is 19.6. The maximum atomic E-state index is 12.2. The number of carboxylic acids is 1. The summed E-state index contributed by atoms with van der Waals surface area (Å²) in [5.74, 6) is -0.493. The molecular formula is C21H27ClN2O4S. The second kappa shape index (κ2) is 10.4. The van der Waals surface area contributed by atoms with Crippen molar-refractivity contribution in [1.82, 2.24) is 9.55 Å². The molecule has 1 aromatic carbocycles. The third-order valence-corrected chi connectivity index (χ3v) is 5.48. The summed E-state index contributed by atoms with van der Waals surface area (Å²) >= 11 is 7.40. The van der Waals surface area contributed by atoms with Crippen LogP contribution in [0.15, 0.2) is 35.3 Å². The van der Waals surface area contributed by atoms with Gasteiger partial charge in [-0.3, -0.25) is 19.1 Å². The van der Waals surface area contributed by atoms with Crippen molar-refractivity contribution in [2.75, 3.05) is 0 Å². The summed E-state index contributed by atoms with van der Waals surface area (Å²) in [5, 5.41) is 9.21. The number of hydrogen-bond donors (Lipinski definition) is 1. The zero-order valence-electron chi connectivity index (χ0n) is 14.9. The molecule has 2 aromatic heterocycles. The van der Waals surface area contributed by atoms with E-state index < -0.39 is 5.97 Å². The number of aliphatic carboxylic acids is 1. The van der Waals surface area contributed by atoms with Crippen molar-refractivity contribution in [2.45, 2.75) is 54.2 Å². The van der Waals surface area contributed by atoms with Crippen LogP contribution in [0.1, 0.15) is 52.5 Å². The van der Waals surface area contributed by atoms with Gasteiger partial charge in [0.15, 0.2) is 0 Å². The van der Waals surface area contributed by atoms with Crippen molar-refractivity contribution in [3.05, 3.63) is 56.4 Å². The van der Waals surface area contributed by atoms with Gasteiger partial charge in [-0.05, 0) is 31.0 Å². The van der Waals surface area contributed by atoms with E-state index in [1.165, 1.54) is 4.57 Å². The zero-order valence-corrected chi connectivity index (χ0v) is 16.5. The molecule has 6 nitrogen and oxygen atoms in total. The fourth-order valence-electron chi connectivity index (χ4n) is 2.71. The van der Waals surface area contributed by atoms with Gasteiger partial charge < -0.3 is 9.84 Å². The molecule has 3 aromatic rings. The number of halogens is 1. The summed E-state index contributed by atoms with van der Waals surface area (Å²) in [6, 6.07) is 7.31. The van der Waals surface area contributed by atoms with Crippen LogP contribution < -0.4 is 9.61 Å². The highest BCUT2D eigenvalue weighted by molar-refractivity contribution is 7.16. The van der Waals surface area contributed by atoms with E-state index in [0.717, 1.165) is 29.0 Å². The first-order valence-corrected chi connectivity index (χ1v) is 9.74. The summed E-state index contributed by atoms with van der Waals surface area (Å²) in [6.07, 6.45) is 2.31. The number of aromatic nitrogens is 2. The van der Waals surface area contributed by atoms with Gasteiger partial charge in [-0.25, -0.2) is 0 Å². The van der Waals surface area contributed by atoms with Crippen LogP contribution in [0.2, 0.25) is 5.02 Å². The topological polar surface area (TPSA) is 81.4 Å². The van der Waals surface area contributed by atoms with Crippen molar-refractivity contribution in [1.29, 1.82) is 0 Å². The number of thiazole rings is 1. The van der Waals surface area contributed by atoms with E-state index >= 15 is 0 Å². The molecule has 0 radical (unpaired) electrons. The number of carbonyl (C=O) groups is 1. The highest BCUT2D eigenvalue weighted by atomic mass is 35.5. The van der Waals surface area contributed by atoms with Gasteiger partial charge in [0.2, 0.25) is 0 Å². The molecular weight excluding hydrogens is 412 g/mol. The van der Waals surface area contributed by atoms with Gasteiger partial charge in [0.1, 0.15) is 11.9 Å². The van der Waals surface area contributed by atoms with Crippen LogP contribution in [0.5, 0.6) is 5.75 Å². The fourth-order valence-corrected chi connectivity index (χ4v) is 3.84. The second-order valence-corrected chi connectivity index (χ2v) is 7.52. The molecule has 0 saturated heterocycles. The Labute approximate surface area is 179 Å². The molecule has 1 N–H and O–H groups in total. The number of aryl methyl sites for hydroxylation is 2. The largest absolute Gasteiger partial charge is 0.483 e. The SMILES string of the molecule is C.C.CCc1ccc([C@H](C)Oc2cc3sc(=O)n(CCC(=O)O)c3cc2Cl)nc1. The molecule has 0 unspecified atom stereocenters. The summed E-state index contributed by atoms with van der Waals surface area (Å²) in [4.78, 5) is 27.2. The van der Waals surface area contributed by atoms with Gasteiger partial charge in [0.25, 0.3) is 0 Å². The number of fused-ring (bicyclic) bond motifs is 1. The Bertz CT molecular complexity index is 1030. The van der Waals surface area contributed by atoms with Crippen LogP contribution in [0, 0.1) is 0 Å². The van der Waals surface area contributed by atoms with Crippen molar-refractivity contribution in [3.8, 4) is 5.75 Å². The highest BCUT2D eigenvalue weighted by Crippen LogP contribution is 2.34. The Morgan fingerprint density at radius 3 is 2.66 bits per heavy atom. The molecule has 0 aliphatic carbocycles. The van der Waals surface area contributed by atoms with E-state index in [9.17, 15) is 9.59 Å². The number of pyridine rings is 1. The summed E-state index contributed by atoms with van der Waals surface area (Å²) in [6.45, 7) is 4.06. The number of benzene rings is 1. The van der Waals surface area contributed by atoms with E-state index in [-0.39, 0.29) is 38.8 Å². The van der Waals surface area contributed by atoms with Crippen molar-refractivity contribution < 1.29 is 14.6 Å². The van der Waals surface area contributed by atoms with Gasteiger partial charge in [-0.1, -0.05) is 50.8 Å². The first-order chi connectivity index (χ1) is 12.9. The third kappa shape index (κ3) is 5.58. The number of nitrogens with zero attached hydrogens (tertiary/aromatic N) is 2. The predicted molar refractivity (Wildman–Crippen MR) is 119 cm³/mol. The first kappa shape index (κ1) is 24.7. The first-order valence-electron chi connectivity index (χ1n) is 8.55. The average molecular weight is 439 g/mol. The lowest BCUT2D eigenvalue weighted by atomic mass is 10.2. The molecule has 0 fully saturated rings. The quantitative estimate of drug-likeness (QED) is 0.522. The van der Waals surface area contributed by atoms with Crippen LogP contribution in [-0.4, -0.2) is 20.6 Å². The normalized spacial score (nSPS) is 11.4. The lowest BCUT2D eigenvalue weighted by Crippen LogP contribution is -2.15. The van der Waals surface area contributed by atoms with Gasteiger partial charge in [-0.15, -0.1) is 0 Å². The Morgan fingerprint density at radius 2 is 2.07 bits per heavy atom. The van der Waals surface area contributed by atoms with Gasteiger partial charge in [-0.2, -0.15) is 0 Å². The molecule has 0 bridgehead atoms. The minimum atomic E-state index is -0.956. The van der Waals surface area contributed by atoms with Crippen molar-refractivity contribution in [2.24, 2.45) is 0 Å². The van der Waals surface area contributed by atoms with E-state index in [1.807, 2.05) is 25.3 Å². The minimum Gasteiger partial charge on any atom is -0.483 e. The Morgan fingerprint density at radius 1 is 1.34 bits per heavy atom. The molecule has 0 saturated carbocycles. The molecule has 8 heteroatoms. The minimum absolute atomic E-state index is 0. The Balaban J connectivity index is 0.00000210. The number of rotatable bonds is 7. The van der Waals surface area contributed by atoms with E-state index in [2.05, 4.69) is 11.9 Å². The molecule has 0 aliphatic heterocycles. The molecule has 158 valence electrons. The van der Waals surface area contributed by atoms with Crippen molar-refractivity contribution in [3.63, 3.8) is 0 Å². The van der Waals surface area contributed by atoms with Crippen LogP contribution in [0.4, 0.5) is 0 Å². The summed E-state index contributed by atoms with van der Waals surface area (Å²) in [7, 11) is 0. The van der Waals surface area contributed by atoms with Gasteiger partial charge >= 0.3 is 10.8 Å². The molecule has 3 rings (SSSR count). The Kier molecular flexibility index (Phi) is 8.85. The predicted octanol–water partition coefficient (Wildman–Crippen LogP) is 5.56. The van der Waals surface area contributed by atoms with Crippen LogP contribution in [0.3, 0.4) is 0 Å². The van der Waals surface area contributed by atoms with Gasteiger partial charge in [0.05, 0.1) is 27.4 Å². The molecule has 0 aliphatic rings. The highest BCUT2D eigenvalue weighted by Gasteiger charge is 2.16. The Hall–Kier alpha value is -2.38. The van der Waals surface area contributed by atoms with Crippen LogP contribution in [0.25, 0.3) is 10.2 Å². The fraction of sp³-hybridized carbons (Fsp3) is 0.381. The monoisotopic (exact) mass is 438 g/mol. The number of ether oxygens (including phenoxy) is 1. The van der Waals surface area contributed by atoms with Crippen molar-refractivity contribution >= 4 is 39.1 Å². The summed E-state index contributed by atoms with van der Waals surface area (Å²) in [5.41, 5.74) is 2.55. The third-order valence-electron chi connectivity index (χ3n) is 4.25. The molecule has 2 heterocycles. The lowest BCUT2D eigenvalue weighted by molar-refractivity contribution is -0.137. The number of hydrogen-bond acceptors (Lipinski definition) is 5. The van der Waals surface area contributed by atoms with E-state index in [4.69, 9.17) is 21.4 Å². The molecule has 0 spiro atoms. The molecule has 29 heavy (non-hydrogen) atoms. The summed E-state index contributed by atoms with van der Waals surface area (Å²) < 4.78 is 8.10. The molecule has 1 atom stereocenters. The van der Waals surface area contributed by atoms with Crippen LogP contribution in [-0.2, 0) is 17.8 Å². The second-order valence-electron chi connectivity index (χ2n) is 6.12. The maximum absolute atomic E-state index is 12.2. The standard InChI is InChI=1S/C19H19ClN2O4S.2CH4/c1-3-12-4-5-14(21-10-12)11(2)26-16-9-17-15(8-13(16)20)22(19(25)27-17)7-6-18(23)24;;/h4-5,8-11H,3,6-7H2,1-2H3,(H,23,24);2*1H4/t11-;;/m0../s1. The van der Waals surface area contributed by atoms with Crippen LogP contribution >= 0.6 is 22.9 Å². The average Bonchev–Trinajstić information content (AvgIpc) is 2.94. The number of carboxylic acid groups (broad SMARTS) is 1. The lowest BCUT2D eigenvalue weighted by Gasteiger charge is -2.16. The molecule has 0 amide bonds. The maximum Gasteiger partial charge on any atom is 0.308 e. The van der Waals surface area contributed by atoms with E-state index in [0.29, 0.717) is 21.0 Å².